The summed E-state index contributed by atoms with van der Waals surface area (Å²) in [5, 5.41) is 20.8. The third kappa shape index (κ3) is 3.29. The molecule has 0 unspecified atom stereocenters. The number of nitrogens with zero attached hydrogens (tertiary/aromatic N) is 1. The maximum absolute atomic E-state index is 11.1. The van der Waals surface area contributed by atoms with Crippen LogP contribution in [-0.2, 0) is 0 Å². The molecule has 0 fully saturated rings. The lowest BCUT2D eigenvalue weighted by molar-refractivity contribution is -0.385. The van der Waals surface area contributed by atoms with Gasteiger partial charge in [0.2, 0.25) is 5.75 Å². The summed E-state index contributed by atoms with van der Waals surface area (Å²) >= 11 is 0. The summed E-state index contributed by atoms with van der Waals surface area (Å²) in [5.74, 6) is 0.840. The van der Waals surface area contributed by atoms with Gasteiger partial charge in [-0.2, -0.15) is 0 Å². The first-order valence-corrected chi connectivity index (χ1v) is 6.30. The molecule has 0 saturated heterocycles. The molecule has 0 aliphatic carbocycles. The van der Waals surface area contributed by atoms with Gasteiger partial charge in [-0.15, -0.1) is 0 Å². The largest absolute Gasteiger partial charge is 0.496 e. The highest BCUT2D eigenvalue weighted by Crippen LogP contribution is 2.36. The van der Waals surface area contributed by atoms with Crippen LogP contribution in [0.3, 0.4) is 0 Å². The van der Waals surface area contributed by atoms with Crippen LogP contribution in [0.1, 0.15) is 18.6 Å². The second-order valence-electron chi connectivity index (χ2n) is 4.41. The van der Waals surface area contributed by atoms with E-state index >= 15 is 0 Å². The van der Waals surface area contributed by atoms with Gasteiger partial charge in [0.05, 0.1) is 24.2 Å². The molecule has 110 valence electrons. The fourth-order valence-corrected chi connectivity index (χ4v) is 1.89. The fourth-order valence-electron chi connectivity index (χ4n) is 1.89. The number of para-hydroxylation sites is 1. The number of nitro benzene ring substituents is 1. The van der Waals surface area contributed by atoms with Crippen LogP contribution < -0.4 is 9.47 Å². The number of benzene rings is 2. The van der Waals surface area contributed by atoms with Crippen LogP contribution in [0.15, 0.2) is 42.5 Å². The molecule has 0 aromatic heterocycles. The Bertz CT molecular complexity index is 654. The lowest BCUT2D eigenvalue weighted by atomic mass is 10.1. The van der Waals surface area contributed by atoms with Crippen molar-refractivity contribution in [2.45, 2.75) is 13.0 Å². The predicted octanol–water partition coefficient (Wildman–Crippen LogP) is 3.45. The molecule has 1 N–H and O–H groups in total. The first kappa shape index (κ1) is 14.8. The number of hydrogen-bond acceptors (Lipinski definition) is 5. The van der Waals surface area contributed by atoms with E-state index < -0.39 is 11.0 Å². The Morgan fingerprint density at radius 1 is 1.19 bits per heavy atom. The van der Waals surface area contributed by atoms with Crippen LogP contribution >= 0.6 is 0 Å². The van der Waals surface area contributed by atoms with Crippen LogP contribution in [0.25, 0.3) is 0 Å². The molecule has 0 heterocycles. The number of aliphatic hydroxyl groups is 1. The molecule has 0 spiro atoms. The molecule has 0 aliphatic heterocycles. The Labute approximate surface area is 121 Å². The van der Waals surface area contributed by atoms with E-state index in [1.807, 2.05) is 0 Å². The minimum Gasteiger partial charge on any atom is -0.496 e. The van der Waals surface area contributed by atoms with Gasteiger partial charge >= 0.3 is 5.69 Å². The van der Waals surface area contributed by atoms with E-state index in [0.717, 1.165) is 0 Å². The average molecular weight is 289 g/mol. The molecular weight excluding hydrogens is 274 g/mol. The molecule has 0 aliphatic rings. The van der Waals surface area contributed by atoms with Crippen molar-refractivity contribution in [3.8, 4) is 17.2 Å². The van der Waals surface area contributed by atoms with Gasteiger partial charge in [0.25, 0.3) is 0 Å². The Morgan fingerprint density at radius 2 is 1.90 bits per heavy atom. The van der Waals surface area contributed by atoms with Gasteiger partial charge in [0.1, 0.15) is 11.5 Å². The summed E-state index contributed by atoms with van der Waals surface area (Å²) in [6, 6.07) is 11.2. The Hall–Kier alpha value is -2.60. The fraction of sp³-hybridized carbons (Fsp3) is 0.200. The van der Waals surface area contributed by atoms with E-state index in [1.165, 1.54) is 19.2 Å². The molecule has 0 saturated carbocycles. The maximum Gasteiger partial charge on any atom is 0.315 e. The van der Waals surface area contributed by atoms with Crippen LogP contribution in [0.2, 0.25) is 0 Å². The lowest BCUT2D eigenvalue weighted by Gasteiger charge is -2.13. The summed E-state index contributed by atoms with van der Waals surface area (Å²) in [7, 11) is 1.43. The van der Waals surface area contributed by atoms with E-state index in [4.69, 9.17) is 9.47 Å². The standard InChI is InChI=1S/C15H15NO5/c1-10(17)12-5-3-4-6-14(12)21-15-8-7-11(20-2)9-13(15)16(18)19/h3-10,17H,1-2H3/t10-/m1/s1. The molecule has 2 aromatic carbocycles. The molecular formula is C15H15NO5. The lowest BCUT2D eigenvalue weighted by Crippen LogP contribution is -1.98. The van der Waals surface area contributed by atoms with Gasteiger partial charge in [-0.3, -0.25) is 10.1 Å². The van der Waals surface area contributed by atoms with Crippen molar-refractivity contribution in [1.82, 2.24) is 0 Å². The van der Waals surface area contributed by atoms with Crippen LogP contribution in [-0.4, -0.2) is 17.1 Å². The molecule has 2 rings (SSSR count). The third-order valence-corrected chi connectivity index (χ3v) is 2.95. The summed E-state index contributed by atoms with van der Waals surface area (Å²) < 4.78 is 10.6. The third-order valence-electron chi connectivity index (χ3n) is 2.95. The van der Waals surface area contributed by atoms with Gasteiger partial charge in [0, 0.05) is 5.56 Å². The van der Waals surface area contributed by atoms with Gasteiger partial charge < -0.3 is 14.6 Å². The molecule has 2 aromatic rings. The number of ether oxygens (including phenoxy) is 2. The zero-order valence-electron chi connectivity index (χ0n) is 11.6. The van der Waals surface area contributed by atoms with E-state index in [-0.39, 0.29) is 11.4 Å². The quantitative estimate of drug-likeness (QED) is 0.673. The van der Waals surface area contributed by atoms with E-state index in [0.29, 0.717) is 17.1 Å². The highest BCUT2D eigenvalue weighted by atomic mass is 16.6. The molecule has 6 heteroatoms. The minimum atomic E-state index is -0.737. The SMILES string of the molecule is COc1ccc(Oc2ccccc2[C@@H](C)O)c([N+](=O)[O-])c1. The zero-order chi connectivity index (χ0) is 15.4. The average Bonchev–Trinajstić information content (AvgIpc) is 2.47. The highest BCUT2D eigenvalue weighted by molar-refractivity contribution is 5.53. The van der Waals surface area contributed by atoms with E-state index in [2.05, 4.69) is 0 Å². The van der Waals surface area contributed by atoms with Crippen molar-refractivity contribution in [2.75, 3.05) is 7.11 Å². The second kappa shape index (κ2) is 6.23. The molecule has 0 radical (unpaired) electrons. The zero-order valence-corrected chi connectivity index (χ0v) is 11.6. The first-order valence-electron chi connectivity index (χ1n) is 6.30. The van der Waals surface area contributed by atoms with Crippen molar-refractivity contribution in [2.24, 2.45) is 0 Å². The Kier molecular flexibility index (Phi) is 4.39. The van der Waals surface area contributed by atoms with Crippen LogP contribution in [0, 0.1) is 10.1 Å². The summed E-state index contributed by atoms with van der Waals surface area (Å²) in [5.41, 5.74) is 0.359. The molecule has 0 amide bonds. The molecule has 0 bridgehead atoms. The van der Waals surface area contributed by atoms with Crippen molar-refractivity contribution in [1.29, 1.82) is 0 Å². The van der Waals surface area contributed by atoms with Gasteiger partial charge in [0.15, 0.2) is 0 Å². The van der Waals surface area contributed by atoms with Crippen molar-refractivity contribution in [3.63, 3.8) is 0 Å². The van der Waals surface area contributed by atoms with E-state index in [9.17, 15) is 15.2 Å². The molecule has 21 heavy (non-hydrogen) atoms. The smallest absolute Gasteiger partial charge is 0.315 e. The predicted molar refractivity (Wildman–Crippen MR) is 76.8 cm³/mol. The number of nitro groups is 1. The highest BCUT2D eigenvalue weighted by Gasteiger charge is 2.19. The Balaban J connectivity index is 2.42. The number of methoxy groups -OCH3 is 1. The van der Waals surface area contributed by atoms with Gasteiger partial charge in [-0.25, -0.2) is 0 Å². The van der Waals surface area contributed by atoms with Crippen LogP contribution in [0.4, 0.5) is 5.69 Å². The van der Waals surface area contributed by atoms with Gasteiger partial charge in [-0.05, 0) is 25.1 Å². The number of rotatable bonds is 5. The van der Waals surface area contributed by atoms with Crippen molar-refractivity contribution in [3.05, 3.63) is 58.1 Å². The number of aliphatic hydroxyl groups excluding tert-OH is 1. The Morgan fingerprint density at radius 3 is 2.52 bits per heavy atom. The topological polar surface area (TPSA) is 81.8 Å². The summed E-state index contributed by atoms with van der Waals surface area (Å²) in [4.78, 5) is 10.6. The minimum absolute atomic E-state index is 0.0916. The molecule has 1 atom stereocenters. The van der Waals surface area contributed by atoms with Crippen molar-refractivity contribution < 1.29 is 19.5 Å². The van der Waals surface area contributed by atoms with Crippen LogP contribution in [0.5, 0.6) is 17.2 Å². The summed E-state index contributed by atoms with van der Waals surface area (Å²) in [6.45, 7) is 1.60. The first-order chi connectivity index (χ1) is 10.0. The molecule has 6 nitrogen and oxygen atoms in total. The summed E-state index contributed by atoms with van der Waals surface area (Å²) in [6.07, 6.45) is -0.737. The maximum atomic E-state index is 11.1. The van der Waals surface area contributed by atoms with Gasteiger partial charge in [-0.1, -0.05) is 18.2 Å². The normalized spacial score (nSPS) is 11.8. The van der Waals surface area contributed by atoms with Crippen molar-refractivity contribution >= 4 is 5.69 Å². The second-order valence-corrected chi connectivity index (χ2v) is 4.41. The number of hydrogen-bond donors (Lipinski definition) is 1. The monoisotopic (exact) mass is 289 g/mol. The van der Waals surface area contributed by atoms with E-state index in [1.54, 1.807) is 37.3 Å².